The minimum Gasteiger partial charge on any atom is -0.393 e. The van der Waals surface area contributed by atoms with Gasteiger partial charge in [0.05, 0.1) is 11.8 Å². The molecule has 1 heterocycles. The van der Waals surface area contributed by atoms with Gasteiger partial charge in [-0.1, -0.05) is 43.3 Å². The lowest BCUT2D eigenvalue weighted by atomic mass is 9.93. The molecule has 1 saturated carbocycles. The number of hydrogen-bond donors (Lipinski definition) is 4. The molecule has 156 valence electrons. The standard InChI is InChI=1S/C23H27N5O2/c1-2-18-22(25-15-10-12-16(29)13-11-15)28-23(20(26-18)21(24)30)27-19-9-5-7-14-6-3-4-8-17(14)19/h3-9,15-16,29H,2,10-13H2,1H3,(H2,24,30)(H2,25,27,28). The molecule has 1 amide bonds. The summed E-state index contributed by atoms with van der Waals surface area (Å²) in [6.45, 7) is 1.97. The number of nitrogens with one attached hydrogen (secondary N) is 2. The molecule has 4 rings (SSSR count). The van der Waals surface area contributed by atoms with E-state index in [9.17, 15) is 9.90 Å². The van der Waals surface area contributed by atoms with Crippen LogP contribution in [0, 0.1) is 0 Å². The van der Waals surface area contributed by atoms with Crippen molar-refractivity contribution in [2.75, 3.05) is 10.6 Å². The van der Waals surface area contributed by atoms with E-state index in [4.69, 9.17) is 10.7 Å². The number of amides is 1. The smallest absolute Gasteiger partial charge is 0.271 e. The van der Waals surface area contributed by atoms with E-state index >= 15 is 0 Å². The Kier molecular flexibility index (Phi) is 5.81. The van der Waals surface area contributed by atoms with Crippen LogP contribution in [0.5, 0.6) is 0 Å². The second-order valence-corrected chi connectivity index (χ2v) is 7.74. The molecule has 0 unspecified atom stereocenters. The summed E-state index contributed by atoms with van der Waals surface area (Å²) < 4.78 is 0. The number of hydrogen-bond acceptors (Lipinski definition) is 6. The predicted octanol–water partition coefficient (Wildman–Crippen LogP) is 3.75. The molecule has 1 aliphatic rings. The van der Waals surface area contributed by atoms with Gasteiger partial charge in [-0.2, -0.15) is 0 Å². The fraction of sp³-hybridized carbons (Fsp3) is 0.348. The van der Waals surface area contributed by atoms with Crippen LogP contribution < -0.4 is 16.4 Å². The van der Waals surface area contributed by atoms with Crippen LogP contribution in [-0.4, -0.2) is 33.1 Å². The largest absolute Gasteiger partial charge is 0.393 e. The summed E-state index contributed by atoms with van der Waals surface area (Å²) in [6.07, 6.45) is 3.69. The van der Waals surface area contributed by atoms with E-state index in [-0.39, 0.29) is 17.8 Å². The van der Waals surface area contributed by atoms with Gasteiger partial charge in [-0.15, -0.1) is 0 Å². The molecule has 0 radical (unpaired) electrons. The third kappa shape index (κ3) is 4.21. The van der Waals surface area contributed by atoms with Crippen LogP contribution in [0.1, 0.15) is 48.8 Å². The minimum absolute atomic E-state index is 0.129. The third-order valence-electron chi connectivity index (χ3n) is 5.62. The van der Waals surface area contributed by atoms with Gasteiger partial charge in [-0.05, 0) is 43.6 Å². The normalized spacial score (nSPS) is 18.9. The van der Waals surface area contributed by atoms with E-state index in [1.165, 1.54) is 0 Å². The highest BCUT2D eigenvalue weighted by molar-refractivity contribution is 6.00. The van der Waals surface area contributed by atoms with E-state index in [0.29, 0.717) is 23.8 Å². The Hall–Kier alpha value is -3.19. The molecule has 1 aliphatic carbocycles. The highest BCUT2D eigenvalue weighted by atomic mass is 16.3. The second kappa shape index (κ2) is 8.67. The summed E-state index contributed by atoms with van der Waals surface area (Å²) in [5.74, 6) is 0.383. The maximum atomic E-state index is 12.1. The zero-order valence-corrected chi connectivity index (χ0v) is 17.1. The molecule has 5 N–H and O–H groups in total. The highest BCUT2D eigenvalue weighted by Gasteiger charge is 2.23. The summed E-state index contributed by atoms with van der Waals surface area (Å²) >= 11 is 0. The first-order valence-corrected chi connectivity index (χ1v) is 10.4. The summed E-state index contributed by atoms with van der Waals surface area (Å²) in [7, 11) is 0. The van der Waals surface area contributed by atoms with Crippen molar-refractivity contribution in [2.24, 2.45) is 5.73 Å². The number of nitrogens with zero attached hydrogens (tertiary/aromatic N) is 2. The number of aryl methyl sites for hydroxylation is 1. The van der Waals surface area contributed by atoms with Gasteiger partial charge in [0.15, 0.2) is 11.5 Å². The molecule has 30 heavy (non-hydrogen) atoms. The zero-order chi connectivity index (χ0) is 21.1. The maximum Gasteiger partial charge on any atom is 0.271 e. The zero-order valence-electron chi connectivity index (χ0n) is 17.1. The minimum atomic E-state index is -0.618. The van der Waals surface area contributed by atoms with Crippen LogP contribution in [0.2, 0.25) is 0 Å². The number of anilines is 3. The molecule has 7 nitrogen and oxygen atoms in total. The number of aromatic nitrogens is 2. The van der Waals surface area contributed by atoms with Crippen LogP contribution in [0.15, 0.2) is 42.5 Å². The van der Waals surface area contributed by atoms with Crippen molar-refractivity contribution >= 4 is 34.0 Å². The van der Waals surface area contributed by atoms with Gasteiger partial charge < -0.3 is 21.5 Å². The number of rotatable bonds is 6. The SMILES string of the molecule is CCc1nc(C(N)=O)c(Nc2cccc3ccccc23)nc1NC1CCC(O)CC1. The molecule has 0 bridgehead atoms. The first-order chi connectivity index (χ1) is 14.5. The van der Waals surface area contributed by atoms with Gasteiger partial charge in [0.2, 0.25) is 0 Å². The molecule has 0 spiro atoms. The van der Waals surface area contributed by atoms with Gasteiger partial charge in [0.1, 0.15) is 5.82 Å². The summed E-state index contributed by atoms with van der Waals surface area (Å²) in [5.41, 5.74) is 7.29. The maximum absolute atomic E-state index is 12.1. The van der Waals surface area contributed by atoms with Gasteiger partial charge in [0.25, 0.3) is 5.91 Å². The van der Waals surface area contributed by atoms with Crippen LogP contribution in [0.4, 0.5) is 17.3 Å². The lowest BCUT2D eigenvalue weighted by Crippen LogP contribution is -2.29. The molecule has 2 aromatic carbocycles. The number of carbonyl (C=O) groups is 1. The average Bonchev–Trinajstić information content (AvgIpc) is 2.75. The number of nitrogens with two attached hydrogens (primary N) is 1. The molecule has 0 atom stereocenters. The van der Waals surface area contributed by atoms with Crippen LogP contribution in [0.3, 0.4) is 0 Å². The van der Waals surface area contributed by atoms with E-state index in [0.717, 1.165) is 42.1 Å². The van der Waals surface area contributed by atoms with Gasteiger partial charge in [-0.3, -0.25) is 4.79 Å². The second-order valence-electron chi connectivity index (χ2n) is 7.74. The first-order valence-electron chi connectivity index (χ1n) is 10.4. The predicted molar refractivity (Wildman–Crippen MR) is 119 cm³/mol. The van der Waals surface area contributed by atoms with Crippen molar-refractivity contribution in [1.29, 1.82) is 0 Å². The highest BCUT2D eigenvalue weighted by Crippen LogP contribution is 2.29. The number of aliphatic hydroxyl groups is 1. The van der Waals surface area contributed by atoms with E-state index < -0.39 is 5.91 Å². The number of aliphatic hydroxyl groups excluding tert-OH is 1. The van der Waals surface area contributed by atoms with E-state index in [1.54, 1.807) is 0 Å². The lowest BCUT2D eigenvalue weighted by Gasteiger charge is -2.27. The van der Waals surface area contributed by atoms with Crippen molar-refractivity contribution in [3.63, 3.8) is 0 Å². The average molecular weight is 406 g/mol. The van der Waals surface area contributed by atoms with E-state index in [1.807, 2.05) is 49.4 Å². The molecular weight excluding hydrogens is 378 g/mol. The van der Waals surface area contributed by atoms with Crippen LogP contribution in [-0.2, 0) is 6.42 Å². The molecule has 1 fully saturated rings. The van der Waals surface area contributed by atoms with Gasteiger partial charge >= 0.3 is 0 Å². The molecule has 0 aliphatic heterocycles. The molecule has 0 saturated heterocycles. The number of primary amides is 1. The molecule has 3 aromatic rings. The number of fused-ring (bicyclic) bond motifs is 1. The van der Waals surface area contributed by atoms with Gasteiger partial charge in [0, 0.05) is 17.1 Å². The Labute approximate surface area is 175 Å². The first kappa shape index (κ1) is 20.1. The Morgan fingerprint density at radius 3 is 2.53 bits per heavy atom. The van der Waals surface area contributed by atoms with Crippen molar-refractivity contribution in [1.82, 2.24) is 9.97 Å². The topological polar surface area (TPSA) is 113 Å². The molecule has 7 heteroatoms. The molecular formula is C23H27N5O2. The van der Waals surface area contributed by atoms with Crippen molar-refractivity contribution in [3.8, 4) is 0 Å². The number of benzene rings is 2. The lowest BCUT2D eigenvalue weighted by molar-refractivity contribution is 0.0996. The number of carbonyl (C=O) groups excluding carboxylic acids is 1. The van der Waals surface area contributed by atoms with Crippen molar-refractivity contribution in [2.45, 2.75) is 51.2 Å². The Balaban J connectivity index is 1.71. The summed E-state index contributed by atoms with van der Waals surface area (Å²) in [5, 5.41) is 18.6. The third-order valence-corrected chi connectivity index (χ3v) is 5.62. The molecule has 1 aromatic heterocycles. The van der Waals surface area contributed by atoms with Crippen LogP contribution >= 0.6 is 0 Å². The fourth-order valence-electron chi connectivity index (χ4n) is 3.97. The Morgan fingerprint density at radius 2 is 1.80 bits per heavy atom. The van der Waals surface area contributed by atoms with Crippen molar-refractivity contribution in [3.05, 3.63) is 53.9 Å². The summed E-state index contributed by atoms with van der Waals surface area (Å²) in [6, 6.07) is 14.2. The Morgan fingerprint density at radius 1 is 1.07 bits per heavy atom. The Bertz CT molecular complexity index is 1060. The van der Waals surface area contributed by atoms with Crippen molar-refractivity contribution < 1.29 is 9.90 Å². The summed E-state index contributed by atoms with van der Waals surface area (Å²) in [4.78, 5) is 21.4. The van der Waals surface area contributed by atoms with Crippen LogP contribution in [0.25, 0.3) is 10.8 Å². The fourth-order valence-corrected chi connectivity index (χ4v) is 3.97. The van der Waals surface area contributed by atoms with Gasteiger partial charge in [-0.25, -0.2) is 9.97 Å². The quantitative estimate of drug-likeness (QED) is 0.497. The monoisotopic (exact) mass is 405 g/mol. The van der Waals surface area contributed by atoms with E-state index in [2.05, 4.69) is 15.6 Å².